The Morgan fingerprint density at radius 3 is 2.66 bits per heavy atom. The highest BCUT2D eigenvalue weighted by Crippen LogP contribution is 2.40. The smallest absolute Gasteiger partial charge is 0.265 e. The number of aliphatic hydroxyl groups excluding tert-OH is 1. The van der Waals surface area contributed by atoms with Crippen molar-refractivity contribution in [2.75, 3.05) is 25.2 Å². The first-order valence-electron chi connectivity index (χ1n) is 10.6. The first-order valence-corrected chi connectivity index (χ1v) is 11.8. The van der Waals surface area contributed by atoms with E-state index >= 15 is 0 Å². The van der Waals surface area contributed by atoms with Crippen molar-refractivity contribution in [3.8, 4) is 11.5 Å². The molecule has 4 rings (SSSR count). The van der Waals surface area contributed by atoms with Crippen LogP contribution in [0, 0.1) is 5.92 Å². The van der Waals surface area contributed by atoms with Crippen molar-refractivity contribution >= 4 is 39.9 Å². The van der Waals surface area contributed by atoms with Gasteiger partial charge >= 0.3 is 0 Å². The number of aliphatic hydroxyl groups is 1. The van der Waals surface area contributed by atoms with Crippen LogP contribution in [0.25, 0.3) is 4.91 Å². The predicted molar refractivity (Wildman–Crippen MR) is 130 cm³/mol. The number of carbonyl (C=O) groups is 1. The van der Waals surface area contributed by atoms with Crippen LogP contribution in [0.5, 0.6) is 11.5 Å². The van der Waals surface area contributed by atoms with Crippen molar-refractivity contribution in [1.82, 2.24) is 0 Å². The molecule has 2 aromatic carbocycles. The van der Waals surface area contributed by atoms with Crippen LogP contribution < -0.4 is 14.4 Å². The highest BCUT2D eigenvalue weighted by atomic mass is 35.5. The Morgan fingerprint density at radius 1 is 1.25 bits per heavy atom. The molecule has 7 heteroatoms. The number of hydrogen-bond donors (Lipinski definition) is 1. The third-order valence-corrected chi connectivity index (χ3v) is 7.07. The highest BCUT2D eigenvalue weighted by Gasteiger charge is 2.31. The molecular formula is C25H26ClNO4S. The second-order valence-corrected chi connectivity index (χ2v) is 9.32. The Morgan fingerprint density at radius 2 is 2.00 bits per heavy atom. The molecule has 1 N–H and O–H groups in total. The number of nitrogens with zero attached hydrogens (tertiary/aromatic N) is 1. The third kappa shape index (κ3) is 5.14. The third-order valence-electron chi connectivity index (χ3n) is 5.56. The number of carbonyl (C=O) groups excluding carboxylic acids is 1. The molecule has 1 aliphatic carbocycles. The molecule has 168 valence electrons. The lowest BCUT2D eigenvalue weighted by molar-refractivity contribution is -0.113. The zero-order chi connectivity index (χ0) is 22.7. The molecule has 1 heterocycles. The maximum absolute atomic E-state index is 13.1. The van der Waals surface area contributed by atoms with E-state index in [1.54, 1.807) is 24.1 Å². The summed E-state index contributed by atoms with van der Waals surface area (Å²) < 4.78 is 11.2. The molecule has 0 unspecified atom stereocenters. The van der Waals surface area contributed by atoms with E-state index in [1.165, 1.54) is 11.8 Å². The molecule has 0 bridgehead atoms. The number of methoxy groups -OCH3 is 1. The molecule has 1 aliphatic heterocycles. The topological polar surface area (TPSA) is 59.0 Å². The predicted octanol–water partition coefficient (Wildman–Crippen LogP) is 5.52. The van der Waals surface area contributed by atoms with Crippen LogP contribution in [0.3, 0.4) is 0 Å². The number of halogens is 1. The van der Waals surface area contributed by atoms with E-state index in [0.29, 0.717) is 33.9 Å². The molecule has 1 fully saturated rings. The fourth-order valence-corrected chi connectivity index (χ4v) is 4.63. The van der Waals surface area contributed by atoms with Crippen molar-refractivity contribution < 1.29 is 19.4 Å². The average Bonchev–Trinajstić information content (AvgIpc) is 3.60. The van der Waals surface area contributed by atoms with E-state index < -0.39 is 6.10 Å². The van der Waals surface area contributed by atoms with Gasteiger partial charge in [0.15, 0.2) is 11.5 Å². The van der Waals surface area contributed by atoms with Crippen LogP contribution >= 0.6 is 23.4 Å². The van der Waals surface area contributed by atoms with E-state index in [2.05, 4.69) is 0 Å². The zero-order valence-electron chi connectivity index (χ0n) is 18.1. The molecule has 32 heavy (non-hydrogen) atoms. The van der Waals surface area contributed by atoms with Gasteiger partial charge in [0.1, 0.15) is 6.61 Å². The van der Waals surface area contributed by atoms with Crippen molar-refractivity contribution in [2.45, 2.75) is 25.9 Å². The molecular weight excluding hydrogens is 446 g/mol. The van der Waals surface area contributed by atoms with Crippen LogP contribution in [0.4, 0.5) is 5.69 Å². The molecule has 0 radical (unpaired) electrons. The van der Waals surface area contributed by atoms with E-state index in [0.717, 1.165) is 29.0 Å². The number of allylic oxidation sites excluding steroid dienone is 1. The maximum atomic E-state index is 13.1. The van der Waals surface area contributed by atoms with Gasteiger partial charge in [-0.3, -0.25) is 4.79 Å². The van der Waals surface area contributed by atoms with Crippen LogP contribution in [0.1, 0.15) is 25.3 Å². The molecule has 1 atom stereocenters. The maximum Gasteiger partial charge on any atom is 0.265 e. The van der Waals surface area contributed by atoms with Gasteiger partial charge in [0.05, 0.1) is 18.1 Å². The van der Waals surface area contributed by atoms with Gasteiger partial charge in [-0.15, -0.1) is 0 Å². The van der Waals surface area contributed by atoms with E-state index in [4.69, 9.17) is 21.1 Å². The van der Waals surface area contributed by atoms with Gasteiger partial charge < -0.3 is 19.5 Å². The highest BCUT2D eigenvalue weighted by molar-refractivity contribution is 8.12. The lowest BCUT2D eigenvalue weighted by atomic mass is 10.2. The summed E-state index contributed by atoms with van der Waals surface area (Å²) in [5.74, 6) is 1.39. The molecule has 1 amide bonds. The quantitative estimate of drug-likeness (QED) is 0.521. The van der Waals surface area contributed by atoms with Gasteiger partial charge in [-0.2, -0.15) is 0 Å². The molecule has 5 nitrogen and oxygen atoms in total. The Kier molecular flexibility index (Phi) is 7.13. The zero-order valence-corrected chi connectivity index (χ0v) is 19.7. The number of ether oxygens (including phenoxy) is 2. The molecule has 2 aliphatic rings. The van der Waals surface area contributed by atoms with Crippen LogP contribution in [-0.2, 0) is 4.79 Å². The molecule has 0 saturated heterocycles. The first kappa shape index (κ1) is 22.8. The molecule has 1 saturated carbocycles. The fourth-order valence-electron chi connectivity index (χ4n) is 3.54. The number of benzene rings is 2. The fraction of sp³-hybridized carbons (Fsp3) is 0.320. The lowest BCUT2D eigenvalue weighted by Gasteiger charge is -2.20. The van der Waals surface area contributed by atoms with Gasteiger partial charge in [0, 0.05) is 28.2 Å². The summed E-state index contributed by atoms with van der Waals surface area (Å²) in [6.07, 6.45) is 5.59. The van der Waals surface area contributed by atoms with Crippen molar-refractivity contribution in [3.63, 3.8) is 0 Å². The summed E-state index contributed by atoms with van der Waals surface area (Å²) in [6, 6.07) is 13.0. The number of thioether (sulfide) groups is 1. The minimum absolute atomic E-state index is 0.0526. The minimum Gasteiger partial charge on any atom is -0.493 e. The van der Waals surface area contributed by atoms with Gasteiger partial charge in [0.25, 0.3) is 5.91 Å². The molecule has 0 aromatic heterocycles. The summed E-state index contributed by atoms with van der Waals surface area (Å²) in [5.41, 5.74) is 1.76. The van der Waals surface area contributed by atoms with E-state index in [-0.39, 0.29) is 12.5 Å². The van der Waals surface area contributed by atoms with Crippen molar-refractivity contribution in [3.05, 3.63) is 70.1 Å². The summed E-state index contributed by atoms with van der Waals surface area (Å²) in [4.78, 5) is 16.5. The van der Waals surface area contributed by atoms with E-state index in [9.17, 15) is 9.90 Å². The minimum atomic E-state index is -0.454. The second-order valence-electron chi connectivity index (χ2n) is 7.80. The summed E-state index contributed by atoms with van der Waals surface area (Å²) in [7, 11) is 1.57. The Labute approximate surface area is 197 Å². The van der Waals surface area contributed by atoms with Crippen molar-refractivity contribution in [1.29, 1.82) is 0 Å². The van der Waals surface area contributed by atoms with Crippen LogP contribution in [-0.4, -0.2) is 37.4 Å². The molecule has 0 spiro atoms. The van der Waals surface area contributed by atoms with Gasteiger partial charge in [-0.25, -0.2) is 0 Å². The first-order chi connectivity index (χ1) is 15.5. The van der Waals surface area contributed by atoms with Gasteiger partial charge in [-0.1, -0.05) is 41.6 Å². The number of rotatable bonds is 9. The second kappa shape index (κ2) is 10.0. The Hall–Kier alpha value is -2.41. The lowest BCUT2D eigenvalue weighted by Crippen LogP contribution is -2.26. The normalized spacial score (nSPS) is 17.4. The van der Waals surface area contributed by atoms with Crippen molar-refractivity contribution in [2.24, 2.45) is 5.92 Å². The van der Waals surface area contributed by atoms with E-state index in [1.807, 2.05) is 49.4 Å². The summed E-state index contributed by atoms with van der Waals surface area (Å²) in [6.45, 7) is 2.68. The number of amides is 1. The Balaban J connectivity index is 1.43. The molecule has 2 aromatic rings. The van der Waals surface area contributed by atoms with Gasteiger partial charge in [0.2, 0.25) is 0 Å². The monoisotopic (exact) mass is 471 g/mol. The van der Waals surface area contributed by atoms with Gasteiger partial charge in [-0.05, 0) is 61.6 Å². The standard InChI is InChI=1S/C25H26ClNO4S/c1-3-23(17-6-8-18(26)9-7-17)32-24-12-13-27(25(24)29)19-10-11-21(22(14-19)30-2)31-15-20(28)16-4-5-16/h3,6-12,14,16,20,28H,4-5,13,15H2,1-2H3/b23-3-/t20-/m0/s1. The van der Waals surface area contributed by atoms with Crippen LogP contribution in [0.2, 0.25) is 5.02 Å². The number of hydrogen-bond acceptors (Lipinski definition) is 5. The summed E-state index contributed by atoms with van der Waals surface area (Å²) in [5, 5.41) is 10.7. The Bertz CT molecular complexity index is 1050. The SMILES string of the molecule is C/C=C(\SC1=CCN(c2ccc(OC[C@H](O)C3CC3)c(OC)c2)C1=O)c1ccc(Cl)cc1. The number of anilines is 1. The van der Waals surface area contributed by atoms with Crippen LogP contribution in [0.15, 0.2) is 59.5 Å². The average molecular weight is 472 g/mol. The largest absolute Gasteiger partial charge is 0.493 e. The summed E-state index contributed by atoms with van der Waals surface area (Å²) >= 11 is 7.45.